The Bertz CT molecular complexity index is 256. The fourth-order valence-corrected chi connectivity index (χ4v) is 2.72. The molecule has 0 bridgehead atoms. The minimum Gasteiger partial charge on any atom is -0.393 e. The van der Waals surface area contributed by atoms with E-state index in [0.717, 1.165) is 0 Å². The van der Waals surface area contributed by atoms with Gasteiger partial charge in [-0.1, -0.05) is 13.8 Å². The Kier molecular flexibility index (Phi) is 7.52. The van der Waals surface area contributed by atoms with Gasteiger partial charge in [-0.2, -0.15) is 0 Å². The number of halogens is 1. The monoisotopic (exact) mass is 257 g/mol. The summed E-state index contributed by atoms with van der Waals surface area (Å²) in [4.78, 5) is 0. The third-order valence-corrected chi connectivity index (χ3v) is 4.22. The van der Waals surface area contributed by atoms with Gasteiger partial charge in [0.05, 0.1) is 11.9 Å². The van der Waals surface area contributed by atoms with Crippen molar-refractivity contribution in [2.75, 3.05) is 18.2 Å². The Balaban J connectivity index is 3.85. The summed E-state index contributed by atoms with van der Waals surface area (Å²) in [6.07, 6.45) is 0.656. The molecule has 0 radical (unpaired) electrons. The summed E-state index contributed by atoms with van der Waals surface area (Å²) in [6, 6.07) is 0. The number of sulfonamides is 1. The normalized spacial score (nSPS) is 16.3. The van der Waals surface area contributed by atoms with Crippen LogP contribution in [0.15, 0.2) is 0 Å². The van der Waals surface area contributed by atoms with Crippen LogP contribution in [0.1, 0.15) is 26.7 Å². The van der Waals surface area contributed by atoms with Crippen molar-refractivity contribution < 1.29 is 13.5 Å². The van der Waals surface area contributed by atoms with Crippen LogP contribution in [-0.4, -0.2) is 37.8 Å². The Labute approximate surface area is 97.1 Å². The van der Waals surface area contributed by atoms with E-state index in [1.54, 1.807) is 6.92 Å². The zero-order valence-corrected chi connectivity index (χ0v) is 10.8. The fourth-order valence-electron chi connectivity index (χ4n) is 1.06. The van der Waals surface area contributed by atoms with E-state index in [1.165, 1.54) is 0 Å². The van der Waals surface area contributed by atoms with Gasteiger partial charge in [-0.05, 0) is 18.8 Å². The zero-order chi connectivity index (χ0) is 11.9. The summed E-state index contributed by atoms with van der Waals surface area (Å²) >= 11 is 5.53. The van der Waals surface area contributed by atoms with Crippen LogP contribution in [0.5, 0.6) is 0 Å². The number of rotatable bonds is 8. The van der Waals surface area contributed by atoms with Gasteiger partial charge in [0, 0.05) is 12.4 Å². The van der Waals surface area contributed by atoms with E-state index in [0.29, 0.717) is 18.7 Å². The van der Waals surface area contributed by atoms with E-state index >= 15 is 0 Å². The smallest absolute Gasteiger partial charge is 0.211 e. The maximum atomic E-state index is 11.4. The largest absolute Gasteiger partial charge is 0.393 e. The molecule has 15 heavy (non-hydrogen) atoms. The number of hydrogen-bond donors (Lipinski definition) is 2. The van der Waals surface area contributed by atoms with Crippen LogP contribution in [0.2, 0.25) is 0 Å². The highest BCUT2D eigenvalue weighted by atomic mass is 35.5. The Morgan fingerprint density at radius 1 is 1.47 bits per heavy atom. The quantitative estimate of drug-likeness (QED) is 0.636. The highest BCUT2D eigenvalue weighted by molar-refractivity contribution is 7.89. The third kappa shape index (κ3) is 8.02. The minimum atomic E-state index is -3.24. The average Bonchev–Trinajstić information content (AvgIpc) is 2.16. The van der Waals surface area contributed by atoms with Crippen molar-refractivity contribution in [1.82, 2.24) is 4.72 Å². The van der Waals surface area contributed by atoms with E-state index in [1.807, 2.05) is 6.92 Å². The lowest BCUT2D eigenvalue weighted by molar-refractivity contribution is 0.162. The lowest BCUT2D eigenvalue weighted by atomic mass is 10.2. The Morgan fingerprint density at radius 3 is 2.53 bits per heavy atom. The summed E-state index contributed by atoms with van der Waals surface area (Å²) in [5, 5.41) is 9.23. The van der Waals surface area contributed by atoms with Gasteiger partial charge >= 0.3 is 0 Å². The van der Waals surface area contributed by atoms with Crippen LogP contribution in [0, 0.1) is 5.92 Å². The molecule has 0 heterocycles. The molecule has 0 rings (SSSR count). The molecule has 4 nitrogen and oxygen atoms in total. The molecule has 6 heteroatoms. The Hall–Kier alpha value is 0.160. The van der Waals surface area contributed by atoms with Gasteiger partial charge in [-0.15, -0.1) is 11.6 Å². The van der Waals surface area contributed by atoms with Crippen LogP contribution < -0.4 is 4.72 Å². The lowest BCUT2D eigenvalue weighted by Gasteiger charge is -2.11. The van der Waals surface area contributed by atoms with E-state index in [4.69, 9.17) is 11.6 Å². The van der Waals surface area contributed by atoms with E-state index in [9.17, 15) is 13.5 Å². The molecule has 0 spiro atoms. The van der Waals surface area contributed by atoms with Gasteiger partial charge in [0.25, 0.3) is 0 Å². The summed E-state index contributed by atoms with van der Waals surface area (Å²) in [5.41, 5.74) is 0. The van der Waals surface area contributed by atoms with Crippen molar-refractivity contribution in [2.24, 2.45) is 5.92 Å². The first kappa shape index (κ1) is 15.2. The second-order valence-corrected chi connectivity index (χ2v) is 5.95. The lowest BCUT2D eigenvalue weighted by Crippen LogP contribution is -2.31. The SMILES string of the molecule is CCC(O)CCNS(=O)(=O)CC(C)CCl. The molecule has 0 saturated carbocycles. The number of alkyl halides is 1. The van der Waals surface area contributed by atoms with Crippen molar-refractivity contribution in [3.63, 3.8) is 0 Å². The van der Waals surface area contributed by atoms with Crippen molar-refractivity contribution in [3.8, 4) is 0 Å². The summed E-state index contributed by atoms with van der Waals surface area (Å²) in [7, 11) is -3.24. The van der Waals surface area contributed by atoms with Gasteiger partial charge < -0.3 is 5.11 Å². The molecular formula is C9H20ClNO3S. The van der Waals surface area contributed by atoms with Gasteiger partial charge in [0.2, 0.25) is 10.0 Å². The highest BCUT2D eigenvalue weighted by Gasteiger charge is 2.14. The molecule has 0 saturated heterocycles. The van der Waals surface area contributed by atoms with E-state index in [2.05, 4.69) is 4.72 Å². The van der Waals surface area contributed by atoms with Crippen molar-refractivity contribution in [1.29, 1.82) is 0 Å². The second-order valence-electron chi connectivity index (χ2n) is 3.79. The molecule has 0 fully saturated rings. The van der Waals surface area contributed by atoms with Crippen molar-refractivity contribution in [3.05, 3.63) is 0 Å². The summed E-state index contributed by atoms with van der Waals surface area (Å²) in [6.45, 7) is 3.92. The first-order chi connectivity index (χ1) is 6.91. The molecule has 2 atom stereocenters. The molecule has 0 aromatic rings. The van der Waals surface area contributed by atoms with Crippen LogP contribution in [0.3, 0.4) is 0 Å². The maximum absolute atomic E-state index is 11.4. The maximum Gasteiger partial charge on any atom is 0.211 e. The Morgan fingerprint density at radius 2 is 2.07 bits per heavy atom. The van der Waals surface area contributed by atoms with Crippen LogP contribution in [-0.2, 0) is 10.0 Å². The third-order valence-electron chi connectivity index (χ3n) is 2.04. The molecule has 0 aliphatic rings. The minimum absolute atomic E-state index is 0.0404. The average molecular weight is 258 g/mol. The van der Waals surface area contributed by atoms with Gasteiger partial charge in [0.15, 0.2) is 0 Å². The van der Waals surface area contributed by atoms with Gasteiger partial charge in [-0.25, -0.2) is 13.1 Å². The topological polar surface area (TPSA) is 66.4 Å². The predicted octanol–water partition coefficient (Wildman–Crippen LogP) is 0.942. The zero-order valence-electron chi connectivity index (χ0n) is 9.24. The van der Waals surface area contributed by atoms with Crippen molar-refractivity contribution >= 4 is 21.6 Å². The number of hydrogen-bond acceptors (Lipinski definition) is 3. The van der Waals surface area contributed by atoms with Crippen LogP contribution >= 0.6 is 11.6 Å². The van der Waals surface area contributed by atoms with E-state index in [-0.39, 0.29) is 18.2 Å². The molecule has 2 unspecified atom stereocenters. The summed E-state index contributed by atoms with van der Waals surface area (Å²) < 4.78 is 25.3. The summed E-state index contributed by atoms with van der Waals surface area (Å²) in [5.74, 6) is 0.317. The molecule has 92 valence electrons. The second kappa shape index (κ2) is 7.44. The molecule has 0 aromatic carbocycles. The van der Waals surface area contributed by atoms with Crippen LogP contribution in [0.25, 0.3) is 0 Å². The molecule has 2 N–H and O–H groups in total. The number of aliphatic hydroxyl groups is 1. The van der Waals surface area contributed by atoms with E-state index < -0.39 is 16.1 Å². The number of nitrogens with one attached hydrogen (secondary N) is 1. The first-order valence-electron chi connectivity index (χ1n) is 5.12. The van der Waals surface area contributed by atoms with Crippen LogP contribution in [0.4, 0.5) is 0 Å². The molecule has 0 aliphatic heterocycles. The highest BCUT2D eigenvalue weighted by Crippen LogP contribution is 2.02. The van der Waals surface area contributed by atoms with Crippen molar-refractivity contribution in [2.45, 2.75) is 32.8 Å². The fraction of sp³-hybridized carbons (Fsp3) is 1.00. The van der Waals surface area contributed by atoms with Gasteiger partial charge in [0.1, 0.15) is 0 Å². The molecule has 0 amide bonds. The first-order valence-corrected chi connectivity index (χ1v) is 7.31. The van der Waals surface area contributed by atoms with Gasteiger partial charge in [-0.3, -0.25) is 0 Å². The molecular weight excluding hydrogens is 238 g/mol. The standard InChI is InChI=1S/C9H20ClNO3S/c1-3-9(12)4-5-11-15(13,14)7-8(2)6-10/h8-9,11-12H,3-7H2,1-2H3. The molecule has 0 aromatic heterocycles. The number of aliphatic hydroxyl groups excluding tert-OH is 1. The predicted molar refractivity (Wildman–Crippen MR) is 62.6 cm³/mol. The molecule has 0 aliphatic carbocycles.